The largest absolute Gasteiger partial charge is 0.464 e. The lowest BCUT2D eigenvalue weighted by Crippen LogP contribution is -2.45. The summed E-state index contributed by atoms with van der Waals surface area (Å²) in [5, 5.41) is 2.55. The SMILES string of the molecule is CCOC(=O)C(Cc1ccc(C(=O)OC(C)(C)C)cc1)NC(=O)OC(C)(C)C. The van der Waals surface area contributed by atoms with Crippen LogP contribution in [0.1, 0.15) is 64.4 Å². The highest BCUT2D eigenvalue weighted by Gasteiger charge is 2.26. The first-order valence-electron chi connectivity index (χ1n) is 9.29. The van der Waals surface area contributed by atoms with Crippen LogP contribution in [0.3, 0.4) is 0 Å². The van der Waals surface area contributed by atoms with Crippen LogP contribution in [0.5, 0.6) is 0 Å². The van der Waals surface area contributed by atoms with Crippen molar-refractivity contribution >= 4 is 18.0 Å². The maximum atomic E-state index is 12.2. The molecule has 1 unspecified atom stereocenters. The van der Waals surface area contributed by atoms with E-state index in [1.165, 1.54) is 0 Å². The van der Waals surface area contributed by atoms with Crippen LogP contribution in [-0.2, 0) is 25.4 Å². The van der Waals surface area contributed by atoms with Gasteiger partial charge in [0, 0.05) is 6.42 Å². The van der Waals surface area contributed by atoms with Gasteiger partial charge in [-0.25, -0.2) is 14.4 Å². The average Bonchev–Trinajstić information content (AvgIpc) is 2.51. The number of hydrogen-bond donors (Lipinski definition) is 1. The van der Waals surface area contributed by atoms with Crippen molar-refractivity contribution in [1.82, 2.24) is 5.32 Å². The Kier molecular flexibility index (Phi) is 8.02. The molecule has 1 aromatic rings. The highest BCUT2D eigenvalue weighted by molar-refractivity contribution is 5.89. The van der Waals surface area contributed by atoms with E-state index in [0.29, 0.717) is 5.56 Å². The normalized spacial score (nSPS) is 12.7. The second-order valence-corrected chi connectivity index (χ2v) is 8.35. The van der Waals surface area contributed by atoms with Crippen molar-refractivity contribution in [3.05, 3.63) is 35.4 Å². The first kappa shape index (κ1) is 23.5. The fourth-order valence-electron chi connectivity index (χ4n) is 2.24. The number of esters is 2. The predicted octanol–water partition coefficient (Wildman–Crippen LogP) is 3.64. The van der Waals surface area contributed by atoms with Gasteiger partial charge in [-0.1, -0.05) is 12.1 Å². The summed E-state index contributed by atoms with van der Waals surface area (Å²) in [4.78, 5) is 36.4. The first-order valence-corrected chi connectivity index (χ1v) is 9.29. The number of nitrogens with one attached hydrogen (secondary N) is 1. The number of ether oxygens (including phenoxy) is 3. The Balaban J connectivity index is 2.86. The van der Waals surface area contributed by atoms with Gasteiger partial charge in [0.05, 0.1) is 12.2 Å². The van der Waals surface area contributed by atoms with Crippen LogP contribution in [0, 0.1) is 0 Å². The third kappa shape index (κ3) is 8.88. The number of carbonyl (C=O) groups is 3. The van der Waals surface area contributed by atoms with Gasteiger partial charge in [0.2, 0.25) is 0 Å². The van der Waals surface area contributed by atoms with Crippen molar-refractivity contribution in [3.8, 4) is 0 Å². The molecule has 0 aromatic heterocycles. The van der Waals surface area contributed by atoms with E-state index in [1.54, 1.807) is 72.7 Å². The molecule has 0 aliphatic rings. The average molecular weight is 393 g/mol. The van der Waals surface area contributed by atoms with Crippen LogP contribution in [0.4, 0.5) is 4.79 Å². The summed E-state index contributed by atoms with van der Waals surface area (Å²) in [6.45, 7) is 12.5. The van der Waals surface area contributed by atoms with E-state index >= 15 is 0 Å². The summed E-state index contributed by atoms with van der Waals surface area (Å²) in [5.74, 6) is -0.975. The molecule has 1 N–H and O–H groups in total. The summed E-state index contributed by atoms with van der Waals surface area (Å²) in [6.07, 6.45) is -0.497. The molecule has 0 saturated carbocycles. The number of benzene rings is 1. The summed E-state index contributed by atoms with van der Waals surface area (Å²) in [7, 11) is 0. The van der Waals surface area contributed by atoms with Crippen LogP contribution < -0.4 is 5.32 Å². The minimum Gasteiger partial charge on any atom is -0.464 e. The lowest BCUT2D eigenvalue weighted by molar-refractivity contribution is -0.145. The zero-order valence-corrected chi connectivity index (χ0v) is 17.8. The highest BCUT2D eigenvalue weighted by atomic mass is 16.6. The summed E-state index contributed by atoms with van der Waals surface area (Å²) in [6, 6.07) is 5.77. The molecule has 0 saturated heterocycles. The quantitative estimate of drug-likeness (QED) is 0.586. The van der Waals surface area contributed by atoms with Crippen molar-refractivity contribution in [3.63, 3.8) is 0 Å². The van der Waals surface area contributed by atoms with Gasteiger partial charge in [0.1, 0.15) is 17.2 Å². The standard InChI is InChI=1S/C21H31NO6/c1-8-26-18(24)16(22-19(25)28-21(5,6)7)13-14-9-11-15(12-10-14)17(23)27-20(2,3)4/h9-12,16H,8,13H2,1-7H3,(H,22,25). The third-order valence-electron chi connectivity index (χ3n) is 3.29. The molecule has 0 radical (unpaired) electrons. The molecule has 156 valence electrons. The fraction of sp³-hybridized carbons (Fsp3) is 0.571. The predicted molar refractivity (Wildman–Crippen MR) is 105 cm³/mol. The highest BCUT2D eigenvalue weighted by Crippen LogP contribution is 2.14. The molecule has 1 amide bonds. The lowest BCUT2D eigenvalue weighted by atomic mass is 10.0. The van der Waals surface area contributed by atoms with Gasteiger partial charge in [0.25, 0.3) is 0 Å². The summed E-state index contributed by atoms with van der Waals surface area (Å²) < 4.78 is 15.6. The Morgan fingerprint density at radius 2 is 1.46 bits per heavy atom. The lowest BCUT2D eigenvalue weighted by Gasteiger charge is -2.23. The molecule has 7 heteroatoms. The molecule has 0 heterocycles. The molecule has 1 rings (SSSR count). The third-order valence-corrected chi connectivity index (χ3v) is 3.29. The monoisotopic (exact) mass is 393 g/mol. The first-order chi connectivity index (χ1) is 12.8. The Morgan fingerprint density at radius 3 is 1.93 bits per heavy atom. The molecule has 0 fully saturated rings. The van der Waals surface area contributed by atoms with E-state index in [1.807, 2.05) is 0 Å². The van der Waals surface area contributed by atoms with Gasteiger partial charge < -0.3 is 19.5 Å². The number of alkyl carbamates (subject to hydrolysis) is 1. The van der Waals surface area contributed by atoms with E-state index in [4.69, 9.17) is 14.2 Å². The maximum Gasteiger partial charge on any atom is 0.408 e. The maximum absolute atomic E-state index is 12.2. The second kappa shape index (κ2) is 9.57. The molecule has 0 aliphatic carbocycles. The van der Waals surface area contributed by atoms with Crippen molar-refractivity contribution < 1.29 is 28.6 Å². The van der Waals surface area contributed by atoms with Crippen LogP contribution >= 0.6 is 0 Å². The van der Waals surface area contributed by atoms with E-state index in [9.17, 15) is 14.4 Å². The Bertz CT molecular complexity index is 682. The number of rotatable bonds is 6. The molecule has 28 heavy (non-hydrogen) atoms. The fourth-order valence-corrected chi connectivity index (χ4v) is 2.24. The van der Waals surface area contributed by atoms with Gasteiger partial charge in [-0.3, -0.25) is 0 Å². The van der Waals surface area contributed by atoms with Crippen LogP contribution in [0.2, 0.25) is 0 Å². The zero-order chi connectivity index (χ0) is 21.5. The van der Waals surface area contributed by atoms with Crippen molar-refractivity contribution in [2.24, 2.45) is 0 Å². The van der Waals surface area contributed by atoms with Gasteiger partial charge in [-0.2, -0.15) is 0 Å². The Hall–Kier alpha value is -2.57. The minimum absolute atomic E-state index is 0.197. The van der Waals surface area contributed by atoms with E-state index in [2.05, 4.69) is 5.32 Å². The second-order valence-electron chi connectivity index (χ2n) is 8.35. The van der Waals surface area contributed by atoms with E-state index in [0.717, 1.165) is 5.56 Å². The molecular weight excluding hydrogens is 362 g/mol. The molecule has 0 bridgehead atoms. The zero-order valence-electron chi connectivity index (χ0n) is 17.8. The van der Waals surface area contributed by atoms with Gasteiger partial charge >= 0.3 is 18.0 Å². The van der Waals surface area contributed by atoms with Crippen LogP contribution in [0.25, 0.3) is 0 Å². The summed E-state index contributed by atoms with van der Waals surface area (Å²) in [5.41, 5.74) is -0.103. The van der Waals surface area contributed by atoms with Crippen molar-refractivity contribution in [2.45, 2.75) is 72.1 Å². The van der Waals surface area contributed by atoms with Gasteiger partial charge in [0.15, 0.2) is 0 Å². The van der Waals surface area contributed by atoms with E-state index in [-0.39, 0.29) is 13.0 Å². The molecule has 7 nitrogen and oxygen atoms in total. The molecule has 1 atom stereocenters. The Morgan fingerprint density at radius 1 is 0.929 bits per heavy atom. The number of amides is 1. The van der Waals surface area contributed by atoms with Crippen molar-refractivity contribution in [1.29, 1.82) is 0 Å². The summed E-state index contributed by atoms with van der Waals surface area (Å²) >= 11 is 0. The molecule has 0 spiro atoms. The van der Waals surface area contributed by atoms with Crippen LogP contribution in [0.15, 0.2) is 24.3 Å². The van der Waals surface area contributed by atoms with Crippen molar-refractivity contribution in [2.75, 3.05) is 6.61 Å². The van der Waals surface area contributed by atoms with Gasteiger partial charge in [-0.05, 0) is 66.2 Å². The van der Waals surface area contributed by atoms with E-state index < -0.39 is 35.3 Å². The Labute approximate surface area is 166 Å². The molecule has 1 aromatic carbocycles. The smallest absolute Gasteiger partial charge is 0.408 e. The van der Waals surface area contributed by atoms with Gasteiger partial charge in [-0.15, -0.1) is 0 Å². The van der Waals surface area contributed by atoms with Crippen LogP contribution in [-0.4, -0.2) is 41.9 Å². The molecule has 0 aliphatic heterocycles. The number of hydrogen-bond acceptors (Lipinski definition) is 6. The minimum atomic E-state index is -0.901. The molecular formula is C21H31NO6. The topological polar surface area (TPSA) is 90.9 Å². The number of carbonyl (C=O) groups excluding carboxylic acids is 3.